The van der Waals surface area contributed by atoms with Crippen LogP contribution in [0.4, 0.5) is 14.9 Å². The number of benzene rings is 1. The molecule has 152 valence electrons. The standard InChI is InChI=1S/C19H24FN3O5/c1-12(2)8-9-19(3)17(26)23(18(27)22-19)10-16(25)28-11-15(24)21-14-6-4-13(20)5-7-14/h4-7,12H,8-11H2,1-3H3,(H,21,24)(H,22,27)/t19-/m1/s1. The number of amides is 4. The van der Waals surface area contributed by atoms with Crippen LogP contribution in [-0.4, -0.2) is 47.4 Å². The van der Waals surface area contributed by atoms with Gasteiger partial charge in [-0.3, -0.25) is 19.3 Å². The molecule has 0 unspecified atom stereocenters. The lowest BCUT2D eigenvalue weighted by atomic mass is 9.92. The number of anilines is 1. The van der Waals surface area contributed by atoms with Crippen LogP contribution in [0.2, 0.25) is 0 Å². The normalized spacial score (nSPS) is 19.0. The zero-order chi connectivity index (χ0) is 20.9. The maximum Gasteiger partial charge on any atom is 0.326 e. The van der Waals surface area contributed by atoms with E-state index in [1.54, 1.807) is 6.92 Å². The molecule has 1 heterocycles. The molecule has 1 fully saturated rings. The predicted molar refractivity (Wildman–Crippen MR) is 98.7 cm³/mol. The van der Waals surface area contributed by atoms with Gasteiger partial charge in [0.05, 0.1) is 0 Å². The first-order valence-corrected chi connectivity index (χ1v) is 8.96. The Bertz CT molecular complexity index is 765. The molecule has 0 bridgehead atoms. The second-order valence-corrected chi connectivity index (χ2v) is 7.30. The summed E-state index contributed by atoms with van der Waals surface area (Å²) in [5.74, 6) is -2.09. The number of halogens is 1. The van der Waals surface area contributed by atoms with E-state index in [9.17, 15) is 23.6 Å². The Morgan fingerprint density at radius 2 is 1.89 bits per heavy atom. The molecule has 1 aliphatic rings. The molecule has 8 nitrogen and oxygen atoms in total. The van der Waals surface area contributed by atoms with Crippen molar-refractivity contribution >= 4 is 29.5 Å². The van der Waals surface area contributed by atoms with Crippen molar-refractivity contribution in [2.75, 3.05) is 18.5 Å². The van der Waals surface area contributed by atoms with Crippen LogP contribution in [0.3, 0.4) is 0 Å². The fourth-order valence-corrected chi connectivity index (χ4v) is 2.69. The molecule has 0 spiro atoms. The summed E-state index contributed by atoms with van der Waals surface area (Å²) in [5, 5.41) is 5.05. The minimum atomic E-state index is -1.05. The SMILES string of the molecule is CC(C)CC[C@@]1(C)NC(=O)N(CC(=O)OCC(=O)Nc2ccc(F)cc2)C1=O. The molecule has 1 saturated heterocycles. The van der Waals surface area contributed by atoms with Crippen molar-refractivity contribution in [3.63, 3.8) is 0 Å². The largest absolute Gasteiger partial charge is 0.454 e. The fourth-order valence-electron chi connectivity index (χ4n) is 2.69. The highest BCUT2D eigenvalue weighted by Crippen LogP contribution is 2.24. The molecule has 0 aromatic heterocycles. The van der Waals surface area contributed by atoms with Gasteiger partial charge >= 0.3 is 12.0 Å². The Morgan fingerprint density at radius 3 is 2.50 bits per heavy atom. The van der Waals surface area contributed by atoms with Crippen LogP contribution in [0.5, 0.6) is 0 Å². The lowest BCUT2D eigenvalue weighted by molar-refractivity contribution is -0.150. The van der Waals surface area contributed by atoms with Crippen LogP contribution in [0.25, 0.3) is 0 Å². The van der Waals surface area contributed by atoms with Crippen molar-refractivity contribution in [1.82, 2.24) is 10.2 Å². The van der Waals surface area contributed by atoms with E-state index in [0.717, 1.165) is 11.3 Å². The van der Waals surface area contributed by atoms with Gasteiger partial charge in [0.1, 0.15) is 17.9 Å². The number of hydrogen-bond donors (Lipinski definition) is 2. The molecular weight excluding hydrogens is 369 g/mol. The van der Waals surface area contributed by atoms with Gasteiger partial charge in [-0.1, -0.05) is 13.8 Å². The van der Waals surface area contributed by atoms with E-state index < -0.39 is 48.3 Å². The van der Waals surface area contributed by atoms with E-state index in [1.807, 2.05) is 13.8 Å². The average Bonchev–Trinajstić information content (AvgIpc) is 2.84. The van der Waals surface area contributed by atoms with E-state index in [4.69, 9.17) is 4.74 Å². The number of rotatable bonds is 8. The number of esters is 1. The third kappa shape index (κ3) is 5.51. The minimum absolute atomic E-state index is 0.345. The number of nitrogens with zero attached hydrogens (tertiary/aromatic N) is 1. The van der Waals surface area contributed by atoms with E-state index in [-0.39, 0.29) is 0 Å². The Labute approximate surface area is 162 Å². The first-order chi connectivity index (χ1) is 13.1. The number of nitrogens with one attached hydrogen (secondary N) is 2. The van der Waals surface area contributed by atoms with Gasteiger partial charge in [-0.25, -0.2) is 9.18 Å². The highest BCUT2D eigenvalue weighted by molar-refractivity contribution is 6.08. The summed E-state index contributed by atoms with van der Waals surface area (Å²) >= 11 is 0. The van der Waals surface area contributed by atoms with Crippen LogP contribution in [0.1, 0.15) is 33.6 Å². The smallest absolute Gasteiger partial charge is 0.326 e. The number of urea groups is 1. The summed E-state index contributed by atoms with van der Waals surface area (Å²) < 4.78 is 17.7. The first kappa shape index (κ1) is 21.3. The van der Waals surface area contributed by atoms with Gasteiger partial charge < -0.3 is 15.4 Å². The van der Waals surface area contributed by atoms with Crippen molar-refractivity contribution in [3.05, 3.63) is 30.1 Å². The predicted octanol–water partition coefficient (Wildman–Crippen LogP) is 2.05. The topological polar surface area (TPSA) is 105 Å². The second-order valence-electron chi connectivity index (χ2n) is 7.30. The number of imide groups is 1. The van der Waals surface area contributed by atoms with Gasteiger partial charge in [-0.05, 0) is 49.9 Å². The summed E-state index contributed by atoms with van der Waals surface area (Å²) in [6.45, 7) is 4.47. The monoisotopic (exact) mass is 393 g/mol. The average molecular weight is 393 g/mol. The summed E-state index contributed by atoms with van der Waals surface area (Å²) in [5.41, 5.74) is -0.709. The zero-order valence-corrected chi connectivity index (χ0v) is 16.1. The molecule has 1 aromatic carbocycles. The Morgan fingerprint density at radius 1 is 1.25 bits per heavy atom. The number of hydrogen-bond acceptors (Lipinski definition) is 5. The van der Waals surface area contributed by atoms with Crippen LogP contribution in [0, 0.1) is 11.7 Å². The Balaban J connectivity index is 1.83. The minimum Gasteiger partial charge on any atom is -0.454 e. The van der Waals surface area contributed by atoms with E-state index in [2.05, 4.69) is 10.6 Å². The van der Waals surface area contributed by atoms with E-state index >= 15 is 0 Å². The summed E-state index contributed by atoms with van der Waals surface area (Å²) in [4.78, 5) is 49.1. The van der Waals surface area contributed by atoms with E-state index in [0.29, 0.717) is 18.0 Å². The molecule has 9 heteroatoms. The van der Waals surface area contributed by atoms with Crippen molar-refractivity contribution in [2.45, 2.75) is 39.2 Å². The van der Waals surface area contributed by atoms with Crippen LogP contribution < -0.4 is 10.6 Å². The summed E-state index contributed by atoms with van der Waals surface area (Å²) in [6.07, 6.45) is 1.20. The molecule has 4 amide bonds. The van der Waals surface area contributed by atoms with Crippen molar-refractivity contribution in [1.29, 1.82) is 0 Å². The number of ether oxygens (including phenoxy) is 1. The molecule has 2 N–H and O–H groups in total. The zero-order valence-electron chi connectivity index (χ0n) is 16.1. The third-order valence-corrected chi connectivity index (χ3v) is 4.35. The maximum absolute atomic E-state index is 12.8. The molecule has 1 aromatic rings. The summed E-state index contributed by atoms with van der Waals surface area (Å²) in [6, 6.07) is 4.41. The lowest BCUT2D eigenvalue weighted by Crippen LogP contribution is -2.44. The Hall–Kier alpha value is -2.97. The van der Waals surface area contributed by atoms with Crippen molar-refractivity contribution in [3.8, 4) is 0 Å². The van der Waals surface area contributed by atoms with Crippen molar-refractivity contribution in [2.24, 2.45) is 5.92 Å². The number of carbonyl (C=O) groups excluding carboxylic acids is 4. The highest BCUT2D eigenvalue weighted by atomic mass is 19.1. The molecule has 2 rings (SSSR count). The van der Waals surface area contributed by atoms with Crippen LogP contribution >= 0.6 is 0 Å². The van der Waals surface area contributed by atoms with Gasteiger partial charge in [-0.2, -0.15) is 0 Å². The van der Waals surface area contributed by atoms with Gasteiger partial charge in [-0.15, -0.1) is 0 Å². The molecular formula is C19H24FN3O5. The van der Waals surface area contributed by atoms with Crippen LogP contribution in [-0.2, 0) is 19.1 Å². The molecule has 28 heavy (non-hydrogen) atoms. The van der Waals surface area contributed by atoms with Gasteiger partial charge in [0, 0.05) is 5.69 Å². The maximum atomic E-state index is 12.8. The van der Waals surface area contributed by atoms with Gasteiger partial charge in [0.25, 0.3) is 11.8 Å². The lowest BCUT2D eigenvalue weighted by Gasteiger charge is -2.22. The Kier molecular flexibility index (Phi) is 6.71. The first-order valence-electron chi connectivity index (χ1n) is 8.96. The van der Waals surface area contributed by atoms with Gasteiger partial charge in [0.15, 0.2) is 6.61 Å². The molecule has 0 radical (unpaired) electrons. The molecule has 0 saturated carbocycles. The van der Waals surface area contributed by atoms with Crippen LogP contribution in [0.15, 0.2) is 24.3 Å². The number of carbonyl (C=O) groups is 4. The van der Waals surface area contributed by atoms with E-state index in [1.165, 1.54) is 24.3 Å². The third-order valence-electron chi connectivity index (χ3n) is 4.35. The summed E-state index contributed by atoms with van der Waals surface area (Å²) in [7, 11) is 0. The molecule has 1 atom stereocenters. The van der Waals surface area contributed by atoms with Crippen molar-refractivity contribution < 1.29 is 28.3 Å². The second kappa shape index (κ2) is 8.81. The highest BCUT2D eigenvalue weighted by Gasteiger charge is 2.48. The molecule has 0 aliphatic carbocycles. The fraction of sp³-hybridized carbons (Fsp3) is 0.474. The van der Waals surface area contributed by atoms with Gasteiger partial charge in [0.2, 0.25) is 0 Å². The quantitative estimate of drug-likeness (QED) is 0.520. The molecule has 1 aliphatic heterocycles.